The van der Waals surface area contributed by atoms with Crippen LogP contribution >= 0.6 is 0 Å². The largest absolute Gasteiger partial charge is 0.464 e. The van der Waals surface area contributed by atoms with E-state index in [0.717, 1.165) is 11.2 Å². The summed E-state index contributed by atoms with van der Waals surface area (Å²) in [6.45, 7) is 6.30. The van der Waals surface area contributed by atoms with Gasteiger partial charge in [0.15, 0.2) is 0 Å². The lowest BCUT2D eigenvalue weighted by Gasteiger charge is -2.44. The molecule has 1 aliphatic rings. The summed E-state index contributed by atoms with van der Waals surface area (Å²) in [4.78, 5) is 11.6. The SMILES string of the molecule is CC(F)(F)c1ccc(C[C@@]2(C(C)(C)C)CO[S@](=O)N2C(=O)O)cc1. The number of hydrogen-bond donors (Lipinski definition) is 1. The minimum Gasteiger partial charge on any atom is -0.464 e. The highest BCUT2D eigenvalue weighted by Gasteiger charge is 2.57. The van der Waals surface area contributed by atoms with Gasteiger partial charge in [-0.15, -0.1) is 0 Å². The number of alkyl halides is 2. The number of hydrogen-bond acceptors (Lipinski definition) is 3. The predicted octanol–water partition coefficient (Wildman–Crippen LogP) is 3.71. The number of benzene rings is 1. The second kappa shape index (κ2) is 6.07. The van der Waals surface area contributed by atoms with Crippen LogP contribution in [0.15, 0.2) is 24.3 Å². The molecule has 0 saturated carbocycles. The van der Waals surface area contributed by atoms with E-state index in [9.17, 15) is 22.9 Å². The number of amides is 1. The summed E-state index contributed by atoms with van der Waals surface area (Å²) in [5.74, 6) is -2.94. The molecule has 1 saturated heterocycles. The topological polar surface area (TPSA) is 66.8 Å². The van der Waals surface area contributed by atoms with E-state index in [2.05, 4.69) is 0 Å². The van der Waals surface area contributed by atoms with Gasteiger partial charge >= 0.3 is 6.09 Å². The lowest BCUT2D eigenvalue weighted by atomic mass is 9.70. The van der Waals surface area contributed by atoms with Crippen molar-refractivity contribution in [1.29, 1.82) is 0 Å². The summed E-state index contributed by atoms with van der Waals surface area (Å²) >= 11 is -2.08. The summed E-state index contributed by atoms with van der Waals surface area (Å²) in [6, 6.07) is 5.73. The third kappa shape index (κ3) is 3.30. The van der Waals surface area contributed by atoms with Crippen LogP contribution in [0.4, 0.5) is 13.6 Å². The van der Waals surface area contributed by atoms with Crippen LogP contribution in [-0.4, -0.2) is 31.9 Å². The molecule has 134 valence electrons. The van der Waals surface area contributed by atoms with E-state index in [4.69, 9.17) is 4.18 Å². The summed E-state index contributed by atoms with van der Waals surface area (Å²) in [7, 11) is 0. The first-order chi connectivity index (χ1) is 10.9. The Balaban J connectivity index is 2.41. The first-order valence-corrected chi connectivity index (χ1v) is 8.47. The van der Waals surface area contributed by atoms with Crippen LogP contribution in [0, 0.1) is 5.41 Å². The van der Waals surface area contributed by atoms with Crippen molar-refractivity contribution in [3.05, 3.63) is 35.4 Å². The van der Waals surface area contributed by atoms with Gasteiger partial charge in [0.25, 0.3) is 17.2 Å². The molecule has 0 radical (unpaired) electrons. The molecule has 1 amide bonds. The molecule has 1 aromatic rings. The maximum atomic E-state index is 13.3. The summed E-state index contributed by atoms with van der Waals surface area (Å²) in [5, 5.41) is 9.47. The summed E-state index contributed by atoms with van der Waals surface area (Å²) in [5.41, 5.74) is -1.07. The highest BCUT2D eigenvalue weighted by Crippen LogP contribution is 2.44. The van der Waals surface area contributed by atoms with E-state index >= 15 is 0 Å². The molecule has 1 fully saturated rings. The molecule has 0 aromatic heterocycles. The maximum Gasteiger partial charge on any atom is 0.421 e. The minimum atomic E-state index is -2.94. The Morgan fingerprint density at radius 1 is 1.29 bits per heavy atom. The first kappa shape index (κ1) is 18.8. The third-order valence-corrected chi connectivity index (χ3v) is 5.59. The van der Waals surface area contributed by atoms with Gasteiger partial charge in [0.05, 0.1) is 12.1 Å². The van der Waals surface area contributed by atoms with Crippen molar-refractivity contribution in [2.75, 3.05) is 6.61 Å². The van der Waals surface area contributed by atoms with Gasteiger partial charge in [-0.2, -0.15) is 4.31 Å². The molecule has 1 aliphatic heterocycles. The van der Waals surface area contributed by atoms with Crippen LogP contribution in [0.25, 0.3) is 0 Å². The zero-order valence-electron chi connectivity index (χ0n) is 14.0. The highest BCUT2D eigenvalue weighted by atomic mass is 32.2. The molecule has 0 spiro atoms. The Hall–Kier alpha value is -1.54. The van der Waals surface area contributed by atoms with E-state index in [0.29, 0.717) is 5.56 Å². The molecule has 2 atom stereocenters. The fourth-order valence-electron chi connectivity index (χ4n) is 2.81. The third-order valence-electron chi connectivity index (χ3n) is 4.46. The van der Waals surface area contributed by atoms with E-state index < -0.39 is 34.2 Å². The minimum absolute atomic E-state index is 0.0267. The van der Waals surface area contributed by atoms with Crippen molar-refractivity contribution in [2.45, 2.75) is 45.6 Å². The van der Waals surface area contributed by atoms with Gasteiger partial charge < -0.3 is 5.11 Å². The van der Waals surface area contributed by atoms with Crippen LogP contribution in [-0.2, 0) is 27.8 Å². The van der Waals surface area contributed by atoms with E-state index in [-0.39, 0.29) is 18.6 Å². The lowest BCUT2D eigenvalue weighted by molar-refractivity contribution is 0.0174. The quantitative estimate of drug-likeness (QED) is 0.891. The molecule has 1 N–H and O–H groups in total. The fourth-order valence-corrected chi connectivity index (χ4v) is 4.02. The second-order valence-corrected chi connectivity index (χ2v) is 8.13. The standard InChI is InChI=1S/C16H21F2NO4S/c1-14(2,3)16(10-23-24(22)19(16)13(20)21)9-11-5-7-12(8-6-11)15(4,17)18/h5-8H,9-10H2,1-4H3,(H,20,21)/t16-,24-/m0/s1. The molecule has 5 nitrogen and oxygen atoms in total. The summed E-state index contributed by atoms with van der Waals surface area (Å²) < 4.78 is 44.6. The van der Waals surface area contributed by atoms with Gasteiger partial charge in [-0.3, -0.25) is 4.18 Å². The van der Waals surface area contributed by atoms with E-state index in [1.807, 2.05) is 20.8 Å². The van der Waals surface area contributed by atoms with Crippen molar-refractivity contribution in [3.63, 3.8) is 0 Å². The van der Waals surface area contributed by atoms with E-state index in [1.165, 1.54) is 12.1 Å². The zero-order chi connectivity index (χ0) is 18.3. The van der Waals surface area contributed by atoms with Crippen molar-refractivity contribution in [3.8, 4) is 0 Å². The van der Waals surface area contributed by atoms with Crippen LogP contribution in [0.2, 0.25) is 0 Å². The second-order valence-electron chi connectivity index (χ2n) is 7.10. The van der Waals surface area contributed by atoms with Crippen LogP contribution in [0.1, 0.15) is 38.8 Å². The molecule has 0 unspecified atom stereocenters. The fraction of sp³-hybridized carbons (Fsp3) is 0.562. The van der Waals surface area contributed by atoms with Gasteiger partial charge in [-0.1, -0.05) is 45.0 Å². The molecular weight excluding hydrogens is 340 g/mol. The van der Waals surface area contributed by atoms with Crippen molar-refractivity contribution in [2.24, 2.45) is 5.41 Å². The number of halogens is 2. The number of nitrogens with zero attached hydrogens (tertiary/aromatic N) is 1. The molecule has 2 rings (SSSR count). The highest BCUT2D eigenvalue weighted by molar-refractivity contribution is 7.78. The Morgan fingerprint density at radius 3 is 2.25 bits per heavy atom. The van der Waals surface area contributed by atoms with Gasteiger partial charge in [0.2, 0.25) is 0 Å². The Bertz CT molecular complexity index is 652. The molecule has 1 aromatic carbocycles. The summed E-state index contributed by atoms with van der Waals surface area (Å²) in [6.07, 6.45) is -1.12. The zero-order valence-corrected chi connectivity index (χ0v) is 14.8. The lowest BCUT2D eigenvalue weighted by Crippen LogP contribution is -2.58. The smallest absolute Gasteiger partial charge is 0.421 e. The monoisotopic (exact) mass is 361 g/mol. The Kier molecular flexibility index (Phi) is 4.76. The van der Waals surface area contributed by atoms with Gasteiger partial charge in [-0.05, 0) is 17.4 Å². The molecule has 1 heterocycles. The molecule has 24 heavy (non-hydrogen) atoms. The van der Waals surface area contributed by atoms with Crippen molar-refractivity contribution in [1.82, 2.24) is 4.31 Å². The normalized spacial score (nSPS) is 25.1. The van der Waals surface area contributed by atoms with E-state index in [1.54, 1.807) is 12.1 Å². The average Bonchev–Trinajstić information content (AvgIpc) is 2.76. The van der Waals surface area contributed by atoms with Gasteiger partial charge in [-0.25, -0.2) is 17.8 Å². The molecule has 0 bridgehead atoms. The number of carboxylic acid groups (broad SMARTS) is 1. The van der Waals surface area contributed by atoms with Crippen LogP contribution < -0.4 is 0 Å². The average molecular weight is 361 g/mol. The van der Waals surface area contributed by atoms with Crippen LogP contribution in [0.3, 0.4) is 0 Å². The molecule has 8 heteroatoms. The Morgan fingerprint density at radius 2 is 1.83 bits per heavy atom. The van der Waals surface area contributed by atoms with Crippen molar-refractivity contribution >= 4 is 17.4 Å². The molecular formula is C16H21F2NO4S. The van der Waals surface area contributed by atoms with Gasteiger partial charge in [0, 0.05) is 12.5 Å². The first-order valence-electron chi connectivity index (χ1n) is 7.44. The maximum absolute atomic E-state index is 13.3. The van der Waals surface area contributed by atoms with Crippen molar-refractivity contribution < 1.29 is 27.1 Å². The van der Waals surface area contributed by atoms with Crippen LogP contribution in [0.5, 0.6) is 0 Å². The molecule has 0 aliphatic carbocycles. The Labute approximate surface area is 142 Å². The van der Waals surface area contributed by atoms with Gasteiger partial charge in [0.1, 0.15) is 0 Å². The number of carbonyl (C=O) groups is 1. The number of rotatable bonds is 3. The predicted molar refractivity (Wildman–Crippen MR) is 85.9 cm³/mol.